The summed E-state index contributed by atoms with van der Waals surface area (Å²) in [6.45, 7) is 3.07. The molecule has 3 aromatic rings. The Morgan fingerprint density at radius 2 is 1.82 bits per heavy atom. The number of aromatic amines is 1. The molecule has 0 fully saturated rings. The summed E-state index contributed by atoms with van der Waals surface area (Å²) in [5.41, 5.74) is 2.56. The van der Waals surface area contributed by atoms with E-state index in [2.05, 4.69) is 15.3 Å². The van der Waals surface area contributed by atoms with Crippen molar-refractivity contribution < 1.29 is 4.79 Å². The summed E-state index contributed by atoms with van der Waals surface area (Å²) in [6.07, 6.45) is 0. The maximum Gasteiger partial charge on any atom is 0.318 e. The summed E-state index contributed by atoms with van der Waals surface area (Å²) in [7, 11) is 3.97. The largest absolute Gasteiger partial charge is 0.378 e. The maximum atomic E-state index is 12.6. The Labute approximate surface area is 164 Å². The quantitative estimate of drug-likeness (QED) is 0.690. The number of H-pyrrole nitrogens is 1. The number of nitrogens with zero attached hydrogens (tertiary/aromatic N) is 3. The average molecular weight is 379 g/mol. The zero-order chi connectivity index (χ0) is 20.1. The van der Waals surface area contributed by atoms with Crippen molar-refractivity contribution in [3.8, 4) is 0 Å². The van der Waals surface area contributed by atoms with Crippen LogP contribution in [-0.2, 0) is 13.1 Å². The van der Waals surface area contributed by atoms with E-state index in [1.54, 1.807) is 23.1 Å². The molecule has 0 atom stereocenters. The summed E-state index contributed by atoms with van der Waals surface area (Å²) in [5, 5.41) is 3.47. The van der Waals surface area contributed by atoms with E-state index in [1.165, 1.54) is 0 Å². The Bertz CT molecular complexity index is 1010. The number of aromatic nitrogens is 2. The Morgan fingerprint density at radius 1 is 1.11 bits per heavy atom. The fraction of sp³-hybridized carbons (Fsp3) is 0.286. The van der Waals surface area contributed by atoms with Crippen molar-refractivity contribution in [2.75, 3.05) is 25.5 Å². The highest BCUT2D eigenvalue weighted by Gasteiger charge is 2.14. The monoisotopic (exact) mass is 379 g/mol. The number of urea groups is 1. The molecule has 7 nitrogen and oxygen atoms in total. The van der Waals surface area contributed by atoms with E-state index in [0.717, 1.165) is 11.3 Å². The van der Waals surface area contributed by atoms with Crippen molar-refractivity contribution in [2.45, 2.75) is 20.0 Å². The lowest BCUT2D eigenvalue weighted by Gasteiger charge is -2.21. The Kier molecular flexibility index (Phi) is 5.93. The first-order chi connectivity index (χ1) is 13.5. The third kappa shape index (κ3) is 4.49. The van der Waals surface area contributed by atoms with Crippen LogP contribution in [0.5, 0.6) is 0 Å². The molecule has 0 bridgehead atoms. The molecule has 0 spiro atoms. The smallest absolute Gasteiger partial charge is 0.318 e. The molecule has 146 valence electrons. The first-order valence-electron chi connectivity index (χ1n) is 9.25. The van der Waals surface area contributed by atoms with Gasteiger partial charge in [0.15, 0.2) is 0 Å². The summed E-state index contributed by atoms with van der Waals surface area (Å²) < 4.78 is 0. The second-order valence-corrected chi connectivity index (χ2v) is 6.76. The first kappa shape index (κ1) is 19.4. The van der Waals surface area contributed by atoms with Crippen molar-refractivity contribution in [3.05, 3.63) is 70.3 Å². The molecule has 28 heavy (non-hydrogen) atoms. The minimum atomic E-state index is -0.199. The Hall–Kier alpha value is -3.35. The second kappa shape index (κ2) is 8.56. The van der Waals surface area contributed by atoms with E-state index >= 15 is 0 Å². The van der Waals surface area contributed by atoms with E-state index in [9.17, 15) is 9.59 Å². The second-order valence-electron chi connectivity index (χ2n) is 6.76. The molecule has 7 heteroatoms. The zero-order valence-electron chi connectivity index (χ0n) is 16.4. The molecule has 0 saturated heterocycles. The fourth-order valence-corrected chi connectivity index (χ4v) is 2.92. The van der Waals surface area contributed by atoms with Crippen molar-refractivity contribution in [1.82, 2.24) is 20.2 Å². The minimum absolute atomic E-state index is 0.196. The molecule has 0 aliphatic rings. The van der Waals surface area contributed by atoms with Gasteiger partial charge in [-0.15, -0.1) is 0 Å². The summed E-state index contributed by atoms with van der Waals surface area (Å²) in [5.74, 6) is 0.469. The number of rotatable bonds is 6. The number of amides is 2. The van der Waals surface area contributed by atoms with Gasteiger partial charge in [0.05, 0.1) is 17.4 Å². The predicted molar refractivity (Wildman–Crippen MR) is 111 cm³/mol. The summed E-state index contributed by atoms with van der Waals surface area (Å²) in [6, 6.07) is 15.0. The highest BCUT2D eigenvalue weighted by molar-refractivity contribution is 5.77. The lowest BCUT2D eigenvalue weighted by atomic mass is 10.2. The van der Waals surface area contributed by atoms with Crippen molar-refractivity contribution >= 4 is 22.6 Å². The highest BCUT2D eigenvalue weighted by atomic mass is 16.2. The molecule has 0 aliphatic carbocycles. The van der Waals surface area contributed by atoms with E-state index in [1.807, 2.05) is 56.3 Å². The van der Waals surface area contributed by atoms with Crippen LogP contribution in [0.2, 0.25) is 0 Å². The predicted octanol–water partition coefficient (Wildman–Crippen LogP) is 2.72. The van der Waals surface area contributed by atoms with Gasteiger partial charge in [-0.2, -0.15) is 0 Å². The molecule has 3 rings (SSSR count). The molecule has 2 aromatic carbocycles. The van der Waals surface area contributed by atoms with Gasteiger partial charge in [0.2, 0.25) is 0 Å². The van der Waals surface area contributed by atoms with Gasteiger partial charge in [-0.1, -0.05) is 24.3 Å². The molecule has 1 aromatic heterocycles. The van der Waals surface area contributed by atoms with Gasteiger partial charge in [-0.3, -0.25) is 4.79 Å². The normalized spacial score (nSPS) is 10.7. The van der Waals surface area contributed by atoms with Crippen LogP contribution in [0.15, 0.2) is 53.3 Å². The Morgan fingerprint density at radius 3 is 2.50 bits per heavy atom. The van der Waals surface area contributed by atoms with Crippen LogP contribution < -0.4 is 15.8 Å². The number of carbonyl (C=O) groups excluding carboxylic acids is 1. The average Bonchev–Trinajstić information content (AvgIpc) is 2.70. The fourth-order valence-electron chi connectivity index (χ4n) is 2.92. The van der Waals surface area contributed by atoms with E-state index in [-0.39, 0.29) is 18.1 Å². The summed E-state index contributed by atoms with van der Waals surface area (Å²) >= 11 is 0. The number of hydrogen-bond acceptors (Lipinski definition) is 4. The van der Waals surface area contributed by atoms with Crippen molar-refractivity contribution in [1.29, 1.82) is 0 Å². The van der Waals surface area contributed by atoms with E-state index < -0.39 is 0 Å². The van der Waals surface area contributed by atoms with Crippen LogP contribution in [0.25, 0.3) is 10.9 Å². The van der Waals surface area contributed by atoms with Crippen LogP contribution >= 0.6 is 0 Å². The highest BCUT2D eigenvalue weighted by Crippen LogP contribution is 2.12. The van der Waals surface area contributed by atoms with Crippen LogP contribution in [0.4, 0.5) is 10.5 Å². The van der Waals surface area contributed by atoms with Gasteiger partial charge in [0, 0.05) is 32.9 Å². The number of carbonyl (C=O) groups is 1. The van der Waals surface area contributed by atoms with E-state index in [4.69, 9.17) is 0 Å². The number of para-hydroxylation sites is 1. The standard InChI is InChI=1S/C21H25N5O2/c1-4-26(14-19-23-18-8-6-5-7-17(18)20(27)24-19)21(28)22-13-15-9-11-16(12-10-15)25(2)3/h5-12H,4,13-14H2,1-3H3,(H,22,28)(H,23,24,27). The number of anilines is 1. The Balaban J connectivity index is 1.66. The molecular weight excluding hydrogens is 354 g/mol. The first-order valence-corrected chi connectivity index (χ1v) is 9.25. The molecule has 2 N–H and O–H groups in total. The topological polar surface area (TPSA) is 81.3 Å². The molecule has 0 saturated carbocycles. The zero-order valence-corrected chi connectivity index (χ0v) is 16.4. The molecule has 0 radical (unpaired) electrons. The number of hydrogen-bond donors (Lipinski definition) is 2. The van der Waals surface area contributed by atoms with Crippen LogP contribution in [0.3, 0.4) is 0 Å². The number of fused-ring (bicyclic) bond motifs is 1. The summed E-state index contributed by atoms with van der Waals surface area (Å²) in [4.78, 5) is 35.6. The SMILES string of the molecule is CCN(Cc1nc2ccccc2c(=O)[nH]1)C(=O)NCc1ccc(N(C)C)cc1. The molecule has 1 heterocycles. The van der Waals surface area contributed by atoms with Gasteiger partial charge in [0.1, 0.15) is 5.82 Å². The molecule has 0 unspecified atom stereocenters. The van der Waals surface area contributed by atoms with Crippen LogP contribution in [0, 0.1) is 0 Å². The maximum absolute atomic E-state index is 12.6. The number of benzene rings is 2. The van der Waals surface area contributed by atoms with Gasteiger partial charge in [-0.05, 0) is 36.8 Å². The van der Waals surface area contributed by atoms with Crippen LogP contribution in [0.1, 0.15) is 18.3 Å². The van der Waals surface area contributed by atoms with Gasteiger partial charge in [-0.25, -0.2) is 9.78 Å². The van der Waals surface area contributed by atoms with Gasteiger partial charge in [0.25, 0.3) is 5.56 Å². The minimum Gasteiger partial charge on any atom is -0.378 e. The van der Waals surface area contributed by atoms with Crippen molar-refractivity contribution in [2.24, 2.45) is 0 Å². The lowest BCUT2D eigenvalue weighted by molar-refractivity contribution is 0.196. The van der Waals surface area contributed by atoms with Gasteiger partial charge < -0.3 is 20.1 Å². The molecule has 0 aliphatic heterocycles. The third-order valence-corrected chi connectivity index (χ3v) is 4.57. The number of nitrogens with one attached hydrogen (secondary N) is 2. The lowest BCUT2D eigenvalue weighted by Crippen LogP contribution is -2.39. The van der Waals surface area contributed by atoms with Crippen molar-refractivity contribution in [3.63, 3.8) is 0 Å². The third-order valence-electron chi connectivity index (χ3n) is 4.57. The van der Waals surface area contributed by atoms with E-state index in [0.29, 0.717) is 29.8 Å². The van der Waals surface area contributed by atoms with Gasteiger partial charge >= 0.3 is 6.03 Å². The molecule has 2 amide bonds. The molecular formula is C21H25N5O2. The van der Waals surface area contributed by atoms with Crippen LogP contribution in [-0.4, -0.2) is 41.5 Å².